The van der Waals surface area contributed by atoms with E-state index in [2.05, 4.69) is 43.4 Å². The fraction of sp³-hybridized carbons (Fsp3) is 0.433. The van der Waals surface area contributed by atoms with E-state index in [-0.39, 0.29) is 18.0 Å². The Morgan fingerprint density at radius 2 is 1.74 bits per heavy atom. The van der Waals surface area contributed by atoms with Gasteiger partial charge in [0.2, 0.25) is 0 Å². The van der Waals surface area contributed by atoms with Gasteiger partial charge in [-0.05, 0) is 70.4 Å². The molecule has 0 radical (unpaired) electrons. The molecule has 0 aliphatic carbocycles. The van der Waals surface area contributed by atoms with Crippen LogP contribution in [-0.2, 0) is 24.3 Å². The zero-order chi connectivity index (χ0) is 28.2. The van der Waals surface area contributed by atoms with Crippen molar-refractivity contribution in [3.63, 3.8) is 0 Å². The van der Waals surface area contributed by atoms with Crippen LogP contribution in [0.1, 0.15) is 77.9 Å². The van der Waals surface area contributed by atoms with E-state index in [9.17, 15) is 14.7 Å². The maximum atomic E-state index is 12.6. The number of aromatic nitrogens is 1. The number of carbonyl (C=O) groups is 2. The highest BCUT2D eigenvalue weighted by atomic mass is 32.1. The van der Waals surface area contributed by atoms with Crippen molar-refractivity contribution in [2.45, 2.75) is 80.6 Å². The number of nitrogens with zero attached hydrogens (tertiary/aromatic N) is 1. The molecule has 1 aromatic carbocycles. The first-order chi connectivity index (χ1) is 17.8. The minimum absolute atomic E-state index is 0.140. The molecule has 38 heavy (non-hydrogen) atoms. The van der Waals surface area contributed by atoms with Crippen LogP contribution in [-0.4, -0.2) is 27.8 Å². The van der Waals surface area contributed by atoms with Crippen LogP contribution >= 0.6 is 11.3 Å². The number of aromatic carboxylic acids is 1. The van der Waals surface area contributed by atoms with Gasteiger partial charge in [0, 0.05) is 34.6 Å². The van der Waals surface area contributed by atoms with Crippen molar-refractivity contribution in [1.29, 1.82) is 0 Å². The molecule has 2 aromatic heterocycles. The summed E-state index contributed by atoms with van der Waals surface area (Å²) in [5.41, 5.74) is 6.68. The van der Waals surface area contributed by atoms with Crippen molar-refractivity contribution in [2.75, 3.05) is 0 Å². The smallest absolute Gasteiger partial charge is 0.407 e. The Labute approximate surface area is 229 Å². The lowest BCUT2D eigenvalue weighted by atomic mass is 9.90. The lowest BCUT2D eigenvalue weighted by molar-refractivity contribution is 0.0523. The molecule has 8 heteroatoms. The molecule has 204 valence electrons. The number of amides is 1. The summed E-state index contributed by atoms with van der Waals surface area (Å²) in [4.78, 5) is 29.5. The number of pyridine rings is 1. The Morgan fingerprint density at radius 1 is 1.08 bits per heavy atom. The topological polar surface area (TPSA) is 97.8 Å². The van der Waals surface area contributed by atoms with Crippen molar-refractivity contribution in [3.05, 3.63) is 68.2 Å². The second kappa shape index (κ2) is 12.0. The average Bonchev–Trinajstić information content (AvgIpc) is 3.17. The van der Waals surface area contributed by atoms with E-state index < -0.39 is 17.7 Å². The number of rotatable bonds is 9. The molecule has 3 rings (SSSR count). The monoisotopic (exact) mass is 538 g/mol. The Balaban J connectivity index is 2.14. The molecule has 0 saturated heterocycles. The highest BCUT2D eigenvalue weighted by molar-refractivity contribution is 7.12. The summed E-state index contributed by atoms with van der Waals surface area (Å²) in [6.07, 6.45) is 0.236. The summed E-state index contributed by atoms with van der Waals surface area (Å²) in [7, 11) is 0. The molecule has 0 atom stereocenters. The lowest BCUT2D eigenvalue weighted by Crippen LogP contribution is -2.32. The molecule has 2 heterocycles. The normalized spacial score (nSPS) is 11.5. The van der Waals surface area contributed by atoms with E-state index >= 15 is 0 Å². The molecular weight excluding hydrogens is 500 g/mol. The van der Waals surface area contributed by atoms with Gasteiger partial charge >= 0.3 is 12.1 Å². The number of carboxylic acids is 1. The zero-order valence-electron chi connectivity index (χ0n) is 23.5. The number of thiophene rings is 1. The third-order valence-corrected chi connectivity index (χ3v) is 6.98. The second-order valence-corrected chi connectivity index (χ2v) is 11.8. The Morgan fingerprint density at radius 3 is 2.32 bits per heavy atom. The number of benzene rings is 1. The summed E-state index contributed by atoms with van der Waals surface area (Å²) < 4.78 is 11.7. The third kappa shape index (κ3) is 7.34. The van der Waals surface area contributed by atoms with Gasteiger partial charge in [0.15, 0.2) is 4.88 Å². The van der Waals surface area contributed by atoms with Gasteiger partial charge in [0.1, 0.15) is 18.0 Å². The number of hydrogen-bond acceptors (Lipinski definition) is 6. The number of carbonyl (C=O) groups excluding carboxylic acids is 1. The first-order valence-electron chi connectivity index (χ1n) is 12.8. The number of carboxylic acid groups (broad SMARTS) is 1. The van der Waals surface area contributed by atoms with Crippen molar-refractivity contribution >= 4 is 23.4 Å². The molecule has 0 aliphatic heterocycles. The van der Waals surface area contributed by atoms with E-state index in [0.29, 0.717) is 11.7 Å². The average molecular weight is 539 g/mol. The number of hydrogen-bond donors (Lipinski definition) is 2. The molecule has 0 aliphatic rings. The standard InChI is InChI=1S/C30H38N2O5S/c1-17(2)13-24-22(14-31-29(35)37-30(6,7)8)25(21-11-9-18(3)10-12-21)23(20(5)32-24)15-36-26-19(4)16-38-27(26)28(33)34/h9-12,16-17H,13-15H2,1-8H3,(H,31,35)(H,33,34). The molecule has 7 nitrogen and oxygen atoms in total. The fourth-order valence-electron chi connectivity index (χ4n) is 4.22. The SMILES string of the molecule is Cc1ccc(-c2c(COc3c(C)csc3C(=O)O)c(C)nc(CC(C)C)c2CNC(=O)OC(C)(C)C)cc1. The van der Waals surface area contributed by atoms with E-state index in [4.69, 9.17) is 14.5 Å². The molecule has 2 N–H and O–H groups in total. The van der Waals surface area contributed by atoms with Crippen molar-refractivity contribution < 1.29 is 24.2 Å². The van der Waals surface area contributed by atoms with Crippen LogP contribution in [0.5, 0.6) is 5.75 Å². The molecule has 0 bridgehead atoms. The first kappa shape index (κ1) is 29.2. The van der Waals surface area contributed by atoms with Gasteiger partial charge in [-0.3, -0.25) is 4.98 Å². The van der Waals surface area contributed by atoms with Gasteiger partial charge in [0.05, 0.1) is 0 Å². The van der Waals surface area contributed by atoms with E-state index in [1.165, 1.54) is 0 Å². The van der Waals surface area contributed by atoms with Crippen LogP contribution in [0.3, 0.4) is 0 Å². The largest absolute Gasteiger partial charge is 0.487 e. The summed E-state index contributed by atoms with van der Waals surface area (Å²) in [6.45, 7) is 16.0. The Bertz CT molecular complexity index is 1300. The van der Waals surface area contributed by atoms with Gasteiger partial charge in [-0.1, -0.05) is 43.7 Å². The predicted octanol–water partition coefficient (Wildman–Crippen LogP) is 7.24. The fourth-order valence-corrected chi connectivity index (χ4v) is 5.04. The minimum Gasteiger partial charge on any atom is -0.487 e. The second-order valence-electron chi connectivity index (χ2n) is 11.0. The van der Waals surface area contributed by atoms with Crippen molar-refractivity contribution in [1.82, 2.24) is 10.3 Å². The third-order valence-electron chi connectivity index (χ3n) is 5.91. The van der Waals surface area contributed by atoms with Crippen molar-refractivity contribution in [3.8, 4) is 16.9 Å². The van der Waals surface area contributed by atoms with Crippen LogP contribution in [0, 0.1) is 26.7 Å². The van der Waals surface area contributed by atoms with E-state index in [1.807, 2.05) is 41.5 Å². The quantitative estimate of drug-likeness (QED) is 0.298. The molecule has 0 fully saturated rings. The Hall–Kier alpha value is -3.39. The first-order valence-corrected chi connectivity index (χ1v) is 13.6. The van der Waals surface area contributed by atoms with Gasteiger partial charge in [-0.25, -0.2) is 9.59 Å². The van der Waals surface area contributed by atoms with Gasteiger partial charge in [0.25, 0.3) is 0 Å². The van der Waals surface area contributed by atoms with Gasteiger partial charge in [-0.2, -0.15) is 0 Å². The molecule has 3 aromatic rings. The maximum Gasteiger partial charge on any atom is 0.407 e. The molecular formula is C30H38N2O5S. The predicted molar refractivity (Wildman–Crippen MR) is 151 cm³/mol. The van der Waals surface area contributed by atoms with Crippen LogP contribution in [0.25, 0.3) is 11.1 Å². The molecule has 0 unspecified atom stereocenters. The summed E-state index contributed by atoms with van der Waals surface area (Å²) in [5.74, 6) is -0.292. The van der Waals surface area contributed by atoms with Crippen LogP contribution in [0.2, 0.25) is 0 Å². The summed E-state index contributed by atoms with van der Waals surface area (Å²) in [5, 5.41) is 14.3. The molecule has 1 amide bonds. The van der Waals surface area contributed by atoms with Gasteiger partial charge < -0.3 is 19.9 Å². The van der Waals surface area contributed by atoms with E-state index in [1.54, 1.807) is 5.38 Å². The maximum absolute atomic E-state index is 12.6. The Kier molecular flexibility index (Phi) is 9.20. The summed E-state index contributed by atoms with van der Waals surface area (Å²) in [6, 6.07) is 8.22. The van der Waals surface area contributed by atoms with Crippen molar-refractivity contribution in [2.24, 2.45) is 5.92 Å². The highest BCUT2D eigenvalue weighted by Gasteiger charge is 2.24. The van der Waals surface area contributed by atoms with Gasteiger partial charge in [-0.15, -0.1) is 11.3 Å². The summed E-state index contributed by atoms with van der Waals surface area (Å²) >= 11 is 1.15. The zero-order valence-corrected chi connectivity index (χ0v) is 24.3. The molecule has 0 spiro atoms. The van der Waals surface area contributed by atoms with Crippen LogP contribution in [0.4, 0.5) is 4.79 Å². The van der Waals surface area contributed by atoms with E-state index in [0.717, 1.165) is 62.5 Å². The minimum atomic E-state index is -1.01. The molecule has 0 saturated carbocycles. The lowest BCUT2D eigenvalue weighted by Gasteiger charge is -2.24. The number of nitrogens with one attached hydrogen (secondary N) is 1. The number of ether oxygens (including phenoxy) is 2. The number of aryl methyl sites for hydroxylation is 3. The van der Waals surface area contributed by atoms with Crippen LogP contribution in [0.15, 0.2) is 29.6 Å². The number of alkyl carbamates (subject to hydrolysis) is 1. The highest BCUT2D eigenvalue weighted by Crippen LogP contribution is 2.36. The van der Waals surface area contributed by atoms with Crippen LogP contribution < -0.4 is 10.1 Å².